The molecule has 0 bridgehead atoms. The predicted molar refractivity (Wildman–Crippen MR) is 66.3 cm³/mol. The molecule has 18 heavy (non-hydrogen) atoms. The summed E-state index contributed by atoms with van der Waals surface area (Å²) in [4.78, 5) is 20.1. The summed E-state index contributed by atoms with van der Waals surface area (Å²) in [5.74, 6) is 0.573. The van der Waals surface area contributed by atoms with Crippen molar-refractivity contribution in [1.82, 2.24) is 29.5 Å². The van der Waals surface area contributed by atoms with Crippen molar-refractivity contribution in [3.63, 3.8) is 0 Å². The topological polar surface area (TPSA) is 72.3 Å². The van der Waals surface area contributed by atoms with E-state index in [9.17, 15) is 0 Å². The molecule has 0 atom stereocenters. The number of para-hydroxylation sites is 2. The van der Waals surface area contributed by atoms with E-state index in [1.54, 1.807) is 18.9 Å². The monoisotopic (exact) mass is 236 g/mol. The van der Waals surface area contributed by atoms with E-state index in [-0.39, 0.29) is 0 Å². The lowest BCUT2D eigenvalue weighted by Crippen LogP contribution is -1.99. The summed E-state index contributed by atoms with van der Waals surface area (Å²) in [6.07, 6.45) is 5.05. The van der Waals surface area contributed by atoms with Crippen LogP contribution in [0.15, 0.2) is 43.1 Å². The van der Waals surface area contributed by atoms with Crippen LogP contribution in [-0.2, 0) is 0 Å². The molecule has 3 aromatic heterocycles. The molecule has 0 spiro atoms. The number of nitrogens with one attached hydrogen (secondary N) is 1. The van der Waals surface area contributed by atoms with Crippen molar-refractivity contribution in [2.45, 2.75) is 0 Å². The van der Waals surface area contributed by atoms with Crippen LogP contribution in [0.4, 0.5) is 0 Å². The molecule has 0 aliphatic carbocycles. The Kier molecular flexibility index (Phi) is 1.74. The number of nitrogens with zero attached hydrogens (tertiary/aromatic N) is 5. The first-order chi connectivity index (χ1) is 8.92. The third-order valence-corrected chi connectivity index (χ3v) is 2.83. The van der Waals surface area contributed by atoms with Gasteiger partial charge in [0.05, 0.1) is 23.6 Å². The van der Waals surface area contributed by atoms with Crippen molar-refractivity contribution in [3.05, 3.63) is 43.1 Å². The number of imidazole rings is 2. The average Bonchev–Trinajstić information content (AvgIpc) is 3.04. The Morgan fingerprint density at radius 3 is 3.00 bits per heavy atom. The lowest BCUT2D eigenvalue weighted by molar-refractivity contribution is 0.961. The molecule has 0 unspecified atom stereocenters. The van der Waals surface area contributed by atoms with Gasteiger partial charge in [0.2, 0.25) is 5.95 Å². The molecule has 1 aromatic carbocycles. The Hall–Kier alpha value is -2.76. The molecule has 0 saturated heterocycles. The van der Waals surface area contributed by atoms with Crippen LogP contribution in [0.3, 0.4) is 0 Å². The Bertz CT molecular complexity index is 844. The van der Waals surface area contributed by atoms with Gasteiger partial charge in [0, 0.05) is 0 Å². The second-order valence-electron chi connectivity index (χ2n) is 3.91. The molecule has 0 aliphatic rings. The first-order valence-electron chi connectivity index (χ1n) is 5.50. The molecular weight excluding hydrogens is 228 g/mol. The van der Waals surface area contributed by atoms with Crippen LogP contribution in [0, 0.1) is 0 Å². The summed E-state index contributed by atoms with van der Waals surface area (Å²) in [6.45, 7) is 0. The van der Waals surface area contributed by atoms with Gasteiger partial charge in [-0.25, -0.2) is 15.0 Å². The van der Waals surface area contributed by atoms with Crippen LogP contribution in [0.2, 0.25) is 0 Å². The zero-order chi connectivity index (χ0) is 11.9. The van der Waals surface area contributed by atoms with E-state index >= 15 is 0 Å². The van der Waals surface area contributed by atoms with E-state index in [0.717, 1.165) is 16.6 Å². The number of aromatic nitrogens is 6. The molecule has 86 valence electrons. The van der Waals surface area contributed by atoms with Crippen molar-refractivity contribution in [2.24, 2.45) is 0 Å². The van der Waals surface area contributed by atoms with Crippen molar-refractivity contribution in [3.8, 4) is 5.95 Å². The fraction of sp³-hybridized carbons (Fsp3) is 0. The first kappa shape index (κ1) is 9.29. The van der Waals surface area contributed by atoms with E-state index in [0.29, 0.717) is 11.6 Å². The average molecular weight is 236 g/mol. The summed E-state index contributed by atoms with van der Waals surface area (Å²) < 4.78 is 1.85. The molecule has 0 fully saturated rings. The van der Waals surface area contributed by atoms with Gasteiger partial charge in [-0.15, -0.1) is 0 Å². The van der Waals surface area contributed by atoms with E-state index in [1.807, 2.05) is 28.8 Å². The zero-order valence-corrected chi connectivity index (χ0v) is 9.28. The van der Waals surface area contributed by atoms with Crippen molar-refractivity contribution < 1.29 is 0 Å². The van der Waals surface area contributed by atoms with Crippen LogP contribution >= 0.6 is 0 Å². The third kappa shape index (κ3) is 1.22. The Labute approximate surface area is 101 Å². The van der Waals surface area contributed by atoms with Gasteiger partial charge < -0.3 is 4.98 Å². The molecule has 3 heterocycles. The van der Waals surface area contributed by atoms with Crippen molar-refractivity contribution in [2.75, 3.05) is 0 Å². The highest BCUT2D eigenvalue weighted by Gasteiger charge is 2.07. The SMILES string of the molecule is c1ccc2c(c1)ncn2-c1ncc2[nH]cnc2n1. The van der Waals surface area contributed by atoms with Crippen LogP contribution < -0.4 is 0 Å². The Balaban J connectivity index is 2.00. The highest BCUT2D eigenvalue weighted by molar-refractivity contribution is 5.77. The molecular formula is C12H8N6. The zero-order valence-electron chi connectivity index (χ0n) is 9.28. The molecule has 6 heteroatoms. The van der Waals surface area contributed by atoms with E-state index < -0.39 is 0 Å². The fourth-order valence-corrected chi connectivity index (χ4v) is 1.96. The van der Waals surface area contributed by atoms with Gasteiger partial charge in [0.25, 0.3) is 0 Å². The van der Waals surface area contributed by atoms with E-state index in [4.69, 9.17) is 0 Å². The predicted octanol–water partition coefficient (Wildman–Crippen LogP) is 1.69. The molecule has 0 aliphatic heterocycles. The maximum absolute atomic E-state index is 4.40. The summed E-state index contributed by atoms with van der Waals surface area (Å²) >= 11 is 0. The number of hydrogen-bond donors (Lipinski definition) is 1. The van der Waals surface area contributed by atoms with Gasteiger partial charge in [0.15, 0.2) is 5.65 Å². The van der Waals surface area contributed by atoms with Gasteiger partial charge in [-0.3, -0.25) is 4.57 Å². The van der Waals surface area contributed by atoms with Gasteiger partial charge >= 0.3 is 0 Å². The third-order valence-electron chi connectivity index (χ3n) is 2.83. The van der Waals surface area contributed by atoms with Gasteiger partial charge in [-0.2, -0.15) is 4.98 Å². The number of hydrogen-bond acceptors (Lipinski definition) is 4. The number of benzene rings is 1. The Morgan fingerprint density at radius 1 is 1.06 bits per heavy atom. The molecule has 0 radical (unpaired) electrons. The molecule has 4 rings (SSSR count). The van der Waals surface area contributed by atoms with E-state index in [1.165, 1.54) is 0 Å². The van der Waals surface area contributed by atoms with Crippen LogP contribution in [0.1, 0.15) is 0 Å². The maximum Gasteiger partial charge on any atom is 0.237 e. The smallest absolute Gasteiger partial charge is 0.237 e. The standard InChI is InChI=1S/C12H8N6/c1-2-4-10-8(3-1)16-7-18(10)12-13-5-9-11(17-12)15-6-14-9/h1-7H,(H,13,14,15,17). The molecule has 4 aromatic rings. The normalized spacial score (nSPS) is 11.3. The van der Waals surface area contributed by atoms with Crippen LogP contribution in [0.5, 0.6) is 0 Å². The highest BCUT2D eigenvalue weighted by Crippen LogP contribution is 2.16. The number of aromatic amines is 1. The molecule has 0 amide bonds. The Morgan fingerprint density at radius 2 is 2.00 bits per heavy atom. The fourth-order valence-electron chi connectivity index (χ4n) is 1.96. The van der Waals surface area contributed by atoms with Crippen molar-refractivity contribution in [1.29, 1.82) is 0 Å². The summed E-state index contributed by atoms with van der Waals surface area (Å²) in [6, 6.07) is 7.87. The second kappa shape index (κ2) is 3.36. The maximum atomic E-state index is 4.40. The van der Waals surface area contributed by atoms with Gasteiger partial charge in [-0.1, -0.05) is 12.1 Å². The first-order valence-corrected chi connectivity index (χ1v) is 5.50. The lowest BCUT2D eigenvalue weighted by Gasteiger charge is -2.01. The lowest BCUT2D eigenvalue weighted by atomic mass is 10.3. The quantitative estimate of drug-likeness (QED) is 0.546. The number of rotatable bonds is 1. The van der Waals surface area contributed by atoms with Crippen LogP contribution in [-0.4, -0.2) is 29.5 Å². The molecule has 1 N–H and O–H groups in total. The summed E-state index contributed by atoms with van der Waals surface area (Å²) in [7, 11) is 0. The minimum absolute atomic E-state index is 0.573. The largest absolute Gasteiger partial charge is 0.342 e. The molecule has 0 saturated carbocycles. The summed E-state index contributed by atoms with van der Waals surface area (Å²) in [5, 5.41) is 0. The minimum Gasteiger partial charge on any atom is -0.342 e. The summed E-state index contributed by atoms with van der Waals surface area (Å²) in [5.41, 5.74) is 3.37. The van der Waals surface area contributed by atoms with Crippen LogP contribution in [0.25, 0.3) is 28.1 Å². The number of H-pyrrole nitrogens is 1. The van der Waals surface area contributed by atoms with Gasteiger partial charge in [-0.05, 0) is 12.1 Å². The highest BCUT2D eigenvalue weighted by atomic mass is 15.2. The number of fused-ring (bicyclic) bond motifs is 2. The minimum atomic E-state index is 0.573. The second-order valence-corrected chi connectivity index (χ2v) is 3.91. The molecule has 6 nitrogen and oxygen atoms in total. The van der Waals surface area contributed by atoms with Gasteiger partial charge in [0.1, 0.15) is 11.8 Å². The van der Waals surface area contributed by atoms with Crippen molar-refractivity contribution >= 4 is 22.2 Å². The van der Waals surface area contributed by atoms with E-state index in [2.05, 4.69) is 24.9 Å².